The van der Waals surface area contributed by atoms with Crippen LogP contribution in [0.1, 0.15) is 6.42 Å². The SMILES string of the molecule is O=C=C1CC(O)CN1. The van der Waals surface area contributed by atoms with E-state index in [1.807, 2.05) is 0 Å². The van der Waals surface area contributed by atoms with Gasteiger partial charge in [0.1, 0.15) is 5.94 Å². The summed E-state index contributed by atoms with van der Waals surface area (Å²) >= 11 is 0. The van der Waals surface area contributed by atoms with Crippen LogP contribution >= 0.6 is 0 Å². The number of rotatable bonds is 0. The lowest BCUT2D eigenvalue weighted by Gasteiger charge is -1.89. The van der Waals surface area contributed by atoms with Gasteiger partial charge in [-0.15, -0.1) is 0 Å². The summed E-state index contributed by atoms with van der Waals surface area (Å²) in [7, 11) is 0. The topological polar surface area (TPSA) is 49.3 Å². The molecule has 1 unspecified atom stereocenters. The second kappa shape index (κ2) is 1.99. The molecule has 0 radical (unpaired) electrons. The van der Waals surface area contributed by atoms with Crippen molar-refractivity contribution in [2.75, 3.05) is 6.54 Å². The quantitative estimate of drug-likeness (QED) is 0.398. The maximum Gasteiger partial charge on any atom is 0.145 e. The van der Waals surface area contributed by atoms with E-state index >= 15 is 0 Å². The largest absolute Gasteiger partial charge is 0.391 e. The highest BCUT2D eigenvalue weighted by atomic mass is 16.3. The first-order chi connectivity index (χ1) is 3.83. The van der Waals surface area contributed by atoms with Crippen molar-refractivity contribution in [2.24, 2.45) is 0 Å². The molecule has 1 aliphatic heterocycles. The van der Waals surface area contributed by atoms with Gasteiger partial charge < -0.3 is 10.4 Å². The zero-order valence-corrected chi connectivity index (χ0v) is 4.35. The summed E-state index contributed by atoms with van der Waals surface area (Å²) in [5.41, 5.74) is 0.484. The van der Waals surface area contributed by atoms with E-state index in [2.05, 4.69) is 5.32 Å². The molecule has 0 spiro atoms. The normalized spacial score (nSPS) is 27.1. The summed E-state index contributed by atoms with van der Waals surface area (Å²) in [6.45, 7) is 0.491. The smallest absolute Gasteiger partial charge is 0.145 e. The lowest BCUT2D eigenvalue weighted by Crippen LogP contribution is -2.11. The third-order valence-electron chi connectivity index (χ3n) is 1.11. The van der Waals surface area contributed by atoms with E-state index in [0.717, 1.165) is 0 Å². The second-order valence-corrected chi connectivity index (χ2v) is 1.82. The first-order valence-corrected chi connectivity index (χ1v) is 2.49. The Balaban J connectivity index is 2.56. The highest BCUT2D eigenvalue weighted by molar-refractivity contribution is 5.52. The maximum atomic E-state index is 9.82. The van der Waals surface area contributed by atoms with Gasteiger partial charge in [0.15, 0.2) is 0 Å². The molecule has 0 aromatic rings. The van der Waals surface area contributed by atoms with Gasteiger partial charge in [-0.05, 0) is 0 Å². The predicted molar refractivity (Wildman–Crippen MR) is 27.8 cm³/mol. The average Bonchev–Trinajstić information content (AvgIpc) is 2.14. The lowest BCUT2D eigenvalue weighted by molar-refractivity contribution is 0.198. The van der Waals surface area contributed by atoms with Gasteiger partial charge in [-0.25, -0.2) is 4.79 Å². The fourth-order valence-electron chi connectivity index (χ4n) is 0.699. The molecule has 1 aliphatic rings. The van der Waals surface area contributed by atoms with E-state index < -0.39 is 0 Å². The van der Waals surface area contributed by atoms with Crippen LogP contribution in [0.25, 0.3) is 0 Å². The predicted octanol–water partition coefficient (Wildman–Crippen LogP) is -0.944. The van der Waals surface area contributed by atoms with Crippen LogP contribution in [0.4, 0.5) is 0 Å². The van der Waals surface area contributed by atoms with E-state index in [0.29, 0.717) is 18.7 Å². The van der Waals surface area contributed by atoms with Crippen LogP contribution in [-0.4, -0.2) is 23.7 Å². The van der Waals surface area contributed by atoms with Crippen LogP contribution in [0.3, 0.4) is 0 Å². The number of hydrogen-bond acceptors (Lipinski definition) is 3. The van der Waals surface area contributed by atoms with Crippen molar-refractivity contribution >= 4 is 5.94 Å². The fraction of sp³-hybridized carbons (Fsp3) is 0.600. The number of hydrogen-bond donors (Lipinski definition) is 2. The third-order valence-corrected chi connectivity index (χ3v) is 1.11. The minimum Gasteiger partial charge on any atom is -0.391 e. The number of aliphatic hydroxyl groups is 1. The van der Waals surface area contributed by atoms with Crippen LogP contribution in [0.2, 0.25) is 0 Å². The van der Waals surface area contributed by atoms with Gasteiger partial charge in [-0.3, -0.25) is 0 Å². The molecule has 1 heterocycles. The molecule has 1 atom stereocenters. The van der Waals surface area contributed by atoms with Gasteiger partial charge in [0.25, 0.3) is 0 Å². The van der Waals surface area contributed by atoms with Crippen LogP contribution < -0.4 is 5.32 Å². The van der Waals surface area contributed by atoms with Gasteiger partial charge in [0.05, 0.1) is 11.8 Å². The molecule has 0 bridgehead atoms. The number of aliphatic hydroxyl groups excluding tert-OH is 1. The van der Waals surface area contributed by atoms with Crippen molar-refractivity contribution in [1.29, 1.82) is 0 Å². The Morgan fingerprint density at radius 2 is 2.62 bits per heavy atom. The minimum atomic E-state index is -0.383. The van der Waals surface area contributed by atoms with E-state index in [4.69, 9.17) is 5.11 Å². The lowest BCUT2D eigenvalue weighted by atomic mass is 10.3. The summed E-state index contributed by atoms with van der Waals surface area (Å²) in [6, 6.07) is 0. The Morgan fingerprint density at radius 1 is 1.88 bits per heavy atom. The monoisotopic (exact) mass is 113 g/mol. The molecule has 3 nitrogen and oxygen atoms in total. The molecule has 2 N–H and O–H groups in total. The van der Waals surface area contributed by atoms with Gasteiger partial charge in [0.2, 0.25) is 0 Å². The molecule has 0 aromatic heterocycles. The second-order valence-electron chi connectivity index (χ2n) is 1.82. The third kappa shape index (κ3) is 0.886. The van der Waals surface area contributed by atoms with Crippen molar-refractivity contribution in [1.82, 2.24) is 5.32 Å². The Kier molecular flexibility index (Phi) is 1.33. The molecule has 0 aromatic carbocycles. The molecule has 8 heavy (non-hydrogen) atoms. The average molecular weight is 113 g/mol. The Bertz CT molecular complexity index is 137. The van der Waals surface area contributed by atoms with Gasteiger partial charge in [-0.1, -0.05) is 0 Å². The highest BCUT2D eigenvalue weighted by Gasteiger charge is 2.15. The Hall–Kier alpha value is -0.790. The molecule has 3 heteroatoms. The molecule has 1 fully saturated rings. The Labute approximate surface area is 47.0 Å². The van der Waals surface area contributed by atoms with Crippen molar-refractivity contribution < 1.29 is 9.90 Å². The van der Waals surface area contributed by atoms with E-state index in [-0.39, 0.29) is 6.10 Å². The first-order valence-electron chi connectivity index (χ1n) is 2.49. The molecule has 0 aliphatic carbocycles. The molecular formula is C5H7NO2. The summed E-state index contributed by atoms with van der Waals surface area (Å²) in [4.78, 5) is 9.82. The zero-order valence-electron chi connectivity index (χ0n) is 4.35. The van der Waals surface area contributed by atoms with E-state index in [1.165, 1.54) is 0 Å². The summed E-state index contributed by atoms with van der Waals surface area (Å²) in [6.07, 6.45) is 0.0511. The molecule has 0 amide bonds. The van der Waals surface area contributed by atoms with Gasteiger partial charge in [0, 0.05) is 13.0 Å². The molecule has 1 rings (SSSR count). The van der Waals surface area contributed by atoms with Gasteiger partial charge >= 0.3 is 0 Å². The highest BCUT2D eigenvalue weighted by Crippen LogP contribution is 2.04. The number of β-amino-alcohol motifs (C(OH)–C–C–N with tert-alkyl or cyclic N) is 1. The summed E-state index contributed by atoms with van der Waals surface area (Å²) < 4.78 is 0. The van der Waals surface area contributed by atoms with Crippen LogP contribution in [0, 0.1) is 0 Å². The molecule has 44 valence electrons. The number of carbonyl (C=O) groups excluding carboxylic acids is 1. The zero-order chi connectivity index (χ0) is 5.98. The Morgan fingerprint density at radius 3 is 2.88 bits per heavy atom. The van der Waals surface area contributed by atoms with Gasteiger partial charge in [-0.2, -0.15) is 0 Å². The van der Waals surface area contributed by atoms with Crippen molar-refractivity contribution in [3.8, 4) is 0 Å². The maximum absolute atomic E-state index is 9.82. The fourth-order valence-corrected chi connectivity index (χ4v) is 0.699. The first kappa shape index (κ1) is 5.35. The molecular weight excluding hydrogens is 106 g/mol. The van der Waals surface area contributed by atoms with E-state index in [9.17, 15) is 4.79 Å². The standard InChI is InChI=1S/C5H7NO2/c7-3-4-1-5(8)2-6-4/h5-6,8H,1-2H2. The number of nitrogens with one attached hydrogen (secondary N) is 1. The molecule has 0 saturated carbocycles. The van der Waals surface area contributed by atoms with Crippen molar-refractivity contribution in [2.45, 2.75) is 12.5 Å². The summed E-state index contributed by atoms with van der Waals surface area (Å²) in [5.74, 6) is 1.69. The van der Waals surface area contributed by atoms with Crippen LogP contribution in [0.5, 0.6) is 0 Å². The molecule has 1 saturated heterocycles. The minimum absolute atomic E-state index is 0.383. The van der Waals surface area contributed by atoms with Crippen LogP contribution in [0.15, 0.2) is 5.70 Å². The summed E-state index contributed by atoms with van der Waals surface area (Å²) in [5, 5.41) is 11.5. The van der Waals surface area contributed by atoms with Crippen LogP contribution in [-0.2, 0) is 4.79 Å². The van der Waals surface area contributed by atoms with Crippen molar-refractivity contribution in [3.63, 3.8) is 0 Å². The van der Waals surface area contributed by atoms with E-state index in [1.54, 1.807) is 5.94 Å². The van der Waals surface area contributed by atoms with Crippen molar-refractivity contribution in [3.05, 3.63) is 5.70 Å².